The second-order valence-electron chi connectivity index (χ2n) is 6.70. The lowest BCUT2D eigenvalue weighted by atomic mass is 10.2. The molecule has 5 nitrogen and oxygen atoms in total. The molecular weight excluding hydrogens is 288 g/mol. The first-order valence-electron chi connectivity index (χ1n) is 8.24. The molecule has 2 atom stereocenters. The minimum Gasteiger partial charge on any atom is -0.337 e. The molecule has 4 rings (SSSR count). The molecule has 0 radical (unpaired) electrons. The summed E-state index contributed by atoms with van der Waals surface area (Å²) in [4.78, 5) is 17.2. The van der Waals surface area contributed by atoms with Crippen LogP contribution in [0, 0.1) is 0 Å². The van der Waals surface area contributed by atoms with Gasteiger partial charge in [0.2, 0.25) is 5.91 Å². The summed E-state index contributed by atoms with van der Waals surface area (Å²) in [6, 6.07) is 11.5. The monoisotopic (exact) mass is 310 g/mol. The molecule has 2 bridgehead atoms. The molecule has 1 aromatic heterocycles. The minimum atomic E-state index is 0.241. The van der Waals surface area contributed by atoms with Gasteiger partial charge in [0.25, 0.3) is 0 Å². The van der Waals surface area contributed by atoms with Crippen molar-refractivity contribution in [1.82, 2.24) is 19.6 Å². The van der Waals surface area contributed by atoms with Gasteiger partial charge >= 0.3 is 0 Å². The number of nitrogens with zero attached hydrogens (tertiary/aromatic N) is 4. The number of benzene rings is 1. The second-order valence-corrected chi connectivity index (χ2v) is 6.70. The molecule has 2 saturated heterocycles. The number of fused-ring (bicyclic) bond motifs is 2. The Kier molecular flexibility index (Phi) is 3.65. The summed E-state index contributed by atoms with van der Waals surface area (Å²) in [5, 5.41) is 4.14. The molecular formula is C18H22N4O. The number of piperazine rings is 1. The SMILES string of the molecule is Cn1cc(CC(=O)N2C[C@@H]3C[C@H]2CN3Cc2ccccc2)cn1. The van der Waals surface area contributed by atoms with Crippen molar-refractivity contribution in [2.24, 2.45) is 7.05 Å². The van der Waals surface area contributed by atoms with Crippen LogP contribution in [0.5, 0.6) is 0 Å². The minimum absolute atomic E-state index is 0.241. The second kappa shape index (κ2) is 5.81. The van der Waals surface area contributed by atoms with Crippen LogP contribution in [-0.4, -0.2) is 50.7 Å². The fourth-order valence-corrected chi connectivity index (χ4v) is 3.91. The maximum absolute atomic E-state index is 12.5. The highest BCUT2D eigenvalue weighted by Gasteiger charge is 2.44. The van der Waals surface area contributed by atoms with Gasteiger partial charge in [-0.2, -0.15) is 5.10 Å². The van der Waals surface area contributed by atoms with Crippen molar-refractivity contribution in [3.63, 3.8) is 0 Å². The maximum Gasteiger partial charge on any atom is 0.227 e. The summed E-state index contributed by atoms with van der Waals surface area (Å²) >= 11 is 0. The van der Waals surface area contributed by atoms with Gasteiger partial charge in [0.05, 0.1) is 12.6 Å². The Balaban J connectivity index is 1.36. The third kappa shape index (κ3) is 2.88. The average Bonchev–Trinajstić information content (AvgIpc) is 3.24. The Morgan fingerprint density at radius 2 is 2.00 bits per heavy atom. The molecule has 5 heteroatoms. The largest absolute Gasteiger partial charge is 0.337 e. The highest BCUT2D eigenvalue weighted by molar-refractivity contribution is 5.79. The Labute approximate surface area is 136 Å². The smallest absolute Gasteiger partial charge is 0.227 e. The van der Waals surface area contributed by atoms with E-state index >= 15 is 0 Å². The van der Waals surface area contributed by atoms with Crippen LogP contribution in [0.4, 0.5) is 0 Å². The first-order chi connectivity index (χ1) is 11.2. The van der Waals surface area contributed by atoms with Crippen molar-refractivity contribution in [1.29, 1.82) is 0 Å². The van der Waals surface area contributed by atoms with Crippen molar-refractivity contribution < 1.29 is 4.79 Å². The Morgan fingerprint density at radius 1 is 1.17 bits per heavy atom. The van der Waals surface area contributed by atoms with E-state index < -0.39 is 0 Å². The van der Waals surface area contributed by atoms with Gasteiger partial charge in [0.1, 0.15) is 0 Å². The number of aryl methyl sites for hydroxylation is 1. The molecule has 2 aliphatic heterocycles. The van der Waals surface area contributed by atoms with Gasteiger partial charge in [-0.1, -0.05) is 30.3 Å². The topological polar surface area (TPSA) is 41.4 Å². The molecule has 0 saturated carbocycles. The van der Waals surface area contributed by atoms with Crippen LogP contribution in [0.2, 0.25) is 0 Å². The van der Waals surface area contributed by atoms with E-state index in [2.05, 4.69) is 45.2 Å². The zero-order valence-corrected chi connectivity index (χ0v) is 13.4. The van der Waals surface area contributed by atoms with Crippen molar-refractivity contribution in [2.45, 2.75) is 31.5 Å². The highest BCUT2D eigenvalue weighted by Crippen LogP contribution is 2.32. The quantitative estimate of drug-likeness (QED) is 0.858. The number of hydrogen-bond donors (Lipinski definition) is 0. The highest BCUT2D eigenvalue weighted by atomic mass is 16.2. The first-order valence-corrected chi connectivity index (χ1v) is 8.24. The molecule has 2 aliphatic rings. The van der Waals surface area contributed by atoms with Crippen LogP contribution in [0.3, 0.4) is 0 Å². The number of amides is 1. The molecule has 2 fully saturated rings. The van der Waals surface area contributed by atoms with Crippen molar-refractivity contribution in [2.75, 3.05) is 13.1 Å². The van der Waals surface area contributed by atoms with Crippen LogP contribution in [0.1, 0.15) is 17.5 Å². The molecule has 2 aromatic rings. The number of rotatable bonds is 4. The molecule has 0 spiro atoms. The Morgan fingerprint density at radius 3 is 2.65 bits per heavy atom. The Bertz CT molecular complexity index is 696. The van der Waals surface area contributed by atoms with Crippen molar-refractivity contribution in [3.05, 3.63) is 53.9 Å². The van der Waals surface area contributed by atoms with Gasteiger partial charge in [0, 0.05) is 45.0 Å². The van der Waals surface area contributed by atoms with E-state index in [4.69, 9.17) is 0 Å². The molecule has 23 heavy (non-hydrogen) atoms. The number of carbonyl (C=O) groups is 1. The molecule has 1 amide bonds. The van der Waals surface area contributed by atoms with E-state index in [1.54, 1.807) is 10.9 Å². The summed E-state index contributed by atoms with van der Waals surface area (Å²) in [5.41, 5.74) is 2.36. The maximum atomic E-state index is 12.5. The number of likely N-dealkylation sites (tertiary alicyclic amines) is 2. The summed E-state index contributed by atoms with van der Waals surface area (Å²) in [7, 11) is 1.88. The van der Waals surface area contributed by atoms with Gasteiger partial charge in [-0.05, 0) is 17.5 Å². The van der Waals surface area contributed by atoms with Gasteiger partial charge in [0.15, 0.2) is 0 Å². The van der Waals surface area contributed by atoms with Crippen LogP contribution in [0.25, 0.3) is 0 Å². The first kappa shape index (κ1) is 14.5. The summed E-state index contributed by atoms with van der Waals surface area (Å²) in [6.45, 7) is 2.86. The number of carbonyl (C=O) groups excluding carboxylic acids is 1. The Hall–Kier alpha value is -2.14. The predicted octanol–water partition coefficient (Wildman–Crippen LogP) is 1.45. The normalized spacial score (nSPS) is 23.6. The van der Waals surface area contributed by atoms with E-state index in [0.717, 1.165) is 31.6 Å². The van der Waals surface area contributed by atoms with Gasteiger partial charge < -0.3 is 4.90 Å². The van der Waals surface area contributed by atoms with Crippen molar-refractivity contribution in [3.8, 4) is 0 Å². The lowest BCUT2D eigenvalue weighted by Crippen LogP contribution is -2.48. The molecule has 120 valence electrons. The third-order valence-electron chi connectivity index (χ3n) is 5.02. The fourth-order valence-electron chi connectivity index (χ4n) is 3.91. The third-order valence-corrected chi connectivity index (χ3v) is 5.02. The fraction of sp³-hybridized carbons (Fsp3) is 0.444. The summed E-state index contributed by atoms with van der Waals surface area (Å²) in [6.07, 6.45) is 5.29. The lowest BCUT2D eigenvalue weighted by molar-refractivity contribution is -0.132. The molecule has 1 aromatic carbocycles. The van der Waals surface area contributed by atoms with Crippen LogP contribution in [0.15, 0.2) is 42.7 Å². The predicted molar refractivity (Wildman–Crippen MR) is 87.7 cm³/mol. The lowest BCUT2D eigenvalue weighted by Gasteiger charge is -2.34. The van der Waals surface area contributed by atoms with Crippen molar-refractivity contribution >= 4 is 5.91 Å². The van der Waals surface area contributed by atoms with E-state index in [9.17, 15) is 4.79 Å². The molecule has 3 heterocycles. The van der Waals surface area contributed by atoms with Gasteiger partial charge in [-0.15, -0.1) is 0 Å². The number of hydrogen-bond acceptors (Lipinski definition) is 3. The van der Waals surface area contributed by atoms with E-state index in [0.29, 0.717) is 18.5 Å². The zero-order chi connectivity index (χ0) is 15.8. The summed E-state index contributed by atoms with van der Waals surface area (Å²) in [5.74, 6) is 0.241. The van der Waals surface area contributed by atoms with Crippen LogP contribution in [-0.2, 0) is 24.8 Å². The zero-order valence-electron chi connectivity index (χ0n) is 13.4. The van der Waals surface area contributed by atoms with Crippen LogP contribution < -0.4 is 0 Å². The van der Waals surface area contributed by atoms with Gasteiger partial charge in [-0.3, -0.25) is 14.4 Å². The van der Waals surface area contributed by atoms with Crippen LogP contribution >= 0.6 is 0 Å². The molecule has 0 unspecified atom stereocenters. The summed E-state index contributed by atoms with van der Waals surface area (Å²) < 4.78 is 1.75. The molecule has 0 aliphatic carbocycles. The van der Waals surface area contributed by atoms with E-state index in [1.807, 2.05) is 13.2 Å². The number of aromatic nitrogens is 2. The average molecular weight is 310 g/mol. The standard InChI is InChI=1S/C18H22N4O/c1-20-10-15(9-19-20)7-18(23)22-13-16-8-17(22)12-21(16)11-14-5-3-2-4-6-14/h2-6,9-10,16-17H,7-8,11-13H2,1H3/t16-,17-/m0/s1. The van der Waals surface area contributed by atoms with E-state index in [1.165, 1.54) is 5.56 Å². The van der Waals surface area contributed by atoms with Gasteiger partial charge in [-0.25, -0.2) is 0 Å². The van der Waals surface area contributed by atoms with E-state index in [-0.39, 0.29) is 5.91 Å². The molecule has 0 N–H and O–H groups in total.